The number of rotatable bonds is 0. The van der Waals surface area contributed by atoms with Crippen molar-refractivity contribution in [1.82, 2.24) is 0 Å². The van der Waals surface area contributed by atoms with E-state index in [0.717, 1.165) is 0 Å². The second kappa shape index (κ2) is 11.1. The van der Waals surface area contributed by atoms with E-state index in [1.54, 1.807) is 0 Å². The molecule has 0 saturated heterocycles. The molecule has 0 radical (unpaired) electrons. The largest absolute Gasteiger partial charge is 0.0616 e. The van der Waals surface area contributed by atoms with E-state index in [1.807, 2.05) is 0 Å². The lowest BCUT2D eigenvalue weighted by molar-refractivity contribution is 1.80. The zero-order valence-corrected chi connectivity index (χ0v) is 37.5. The first-order chi connectivity index (χ1) is 34.8. The molecule has 0 aliphatic heterocycles. The van der Waals surface area contributed by atoms with Crippen LogP contribution in [0.4, 0.5) is 0 Å². The lowest BCUT2D eigenvalue weighted by Crippen LogP contribution is -1.98. The van der Waals surface area contributed by atoms with Crippen LogP contribution in [0, 0.1) is 0 Å². The highest BCUT2D eigenvalue weighted by Gasteiger charge is 2.30. The van der Waals surface area contributed by atoms with Crippen LogP contribution in [-0.4, -0.2) is 0 Å². The Morgan fingerprint density at radius 1 is 0.114 bits per heavy atom. The van der Waals surface area contributed by atoms with Crippen molar-refractivity contribution in [1.29, 1.82) is 0 Å². The maximum absolute atomic E-state index is 2.67. The van der Waals surface area contributed by atoms with E-state index < -0.39 is 0 Å². The van der Waals surface area contributed by atoms with Crippen molar-refractivity contribution >= 4 is 205 Å². The molecule has 0 heterocycles. The smallest absolute Gasteiger partial charge is 0.000115 e. The van der Waals surface area contributed by atoms with Crippen LogP contribution in [0.25, 0.3) is 205 Å². The van der Waals surface area contributed by atoms with Crippen LogP contribution in [0.3, 0.4) is 0 Å². The number of fused-ring (bicyclic) bond motifs is 17. The summed E-state index contributed by atoms with van der Waals surface area (Å²) in [6, 6.07) is 76.0. The molecule has 0 saturated carbocycles. The van der Waals surface area contributed by atoms with Gasteiger partial charge in [-0.05, 0) is 229 Å². The fourth-order valence-corrected chi connectivity index (χ4v) is 15.5. The standard InChI is InChI=1S/C70H32/c1-3-15-39-33(9-1)21-25-45-49-29-37-13-7-19-43-41-17-5-11-35-23-27-47-61-52-32-54-60-40-16-4-2-10-34(40)22-26-46(60)50-30-38-14-8-20-44-42-18-6-12-36-24-28-48-62(68(54)66(50)70(58(38)44)64(48)56(36)42)51(52)31-53(59(39)45)67(61)65(49)69(57(37)43)63(47)55(35)41/h1-32H. The second-order valence-electron chi connectivity index (χ2n) is 20.8. The summed E-state index contributed by atoms with van der Waals surface area (Å²) in [5.41, 5.74) is 0. The minimum absolute atomic E-state index is 1.28. The average molecular weight is 873 g/mol. The molecule has 70 heavy (non-hydrogen) atoms. The number of benzene rings is 20. The van der Waals surface area contributed by atoms with Crippen molar-refractivity contribution in [2.75, 3.05) is 0 Å². The van der Waals surface area contributed by atoms with Crippen LogP contribution in [-0.2, 0) is 0 Å². The van der Waals surface area contributed by atoms with Crippen LogP contribution < -0.4 is 0 Å². The fraction of sp³-hybridized carbons (Fsp3) is 0. The van der Waals surface area contributed by atoms with E-state index >= 15 is 0 Å². The first kappa shape index (κ1) is 34.2. The highest BCUT2D eigenvalue weighted by Crippen LogP contribution is 2.59. The quantitative estimate of drug-likeness (QED) is 0.105. The molecular weight excluding hydrogens is 841 g/mol. The highest BCUT2D eigenvalue weighted by atomic mass is 14.3. The molecule has 0 aromatic heterocycles. The van der Waals surface area contributed by atoms with Crippen molar-refractivity contribution in [3.05, 3.63) is 194 Å². The van der Waals surface area contributed by atoms with Crippen LogP contribution >= 0.6 is 0 Å². The summed E-state index contributed by atoms with van der Waals surface area (Å²) in [6.45, 7) is 0. The molecule has 0 nitrogen and oxygen atoms in total. The van der Waals surface area contributed by atoms with Gasteiger partial charge in [0, 0.05) is 0 Å². The number of hydrogen-bond acceptors (Lipinski definition) is 0. The topological polar surface area (TPSA) is 0 Å². The van der Waals surface area contributed by atoms with Crippen LogP contribution in [0.1, 0.15) is 0 Å². The number of hydrogen-bond donors (Lipinski definition) is 0. The van der Waals surface area contributed by atoms with Crippen molar-refractivity contribution in [3.8, 4) is 0 Å². The molecule has 0 heteroatoms. The average Bonchev–Trinajstić information content (AvgIpc) is 3.42. The van der Waals surface area contributed by atoms with E-state index in [1.165, 1.54) is 205 Å². The monoisotopic (exact) mass is 872 g/mol. The maximum Gasteiger partial charge on any atom is -0.000115 e. The van der Waals surface area contributed by atoms with E-state index in [-0.39, 0.29) is 0 Å². The van der Waals surface area contributed by atoms with Crippen LogP contribution in [0.15, 0.2) is 194 Å². The molecule has 0 N–H and O–H groups in total. The molecule has 0 spiro atoms. The van der Waals surface area contributed by atoms with E-state index in [2.05, 4.69) is 194 Å². The Hall–Kier alpha value is -9.10. The maximum atomic E-state index is 2.67. The SMILES string of the molecule is c1ccc2c(c1)ccc1c3cc4cccc5c6cccc7ccc8c9c%10cc%11c%12c%13ccccc%13ccc%12c%12cc%13cccc%14c%15cccc%16ccc%17c(c%10cc(c21)c9c3c(c45)c8c76)c%11c%12c(c%13%14)c%17c%16%15. The zero-order valence-electron chi connectivity index (χ0n) is 37.5. The summed E-state index contributed by atoms with van der Waals surface area (Å²) in [5.74, 6) is 0. The summed E-state index contributed by atoms with van der Waals surface area (Å²) < 4.78 is 0. The van der Waals surface area contributed by atoms with Gasteiger partial charge in [0.1, 0.15) is 0 Å². The van der Waals surface area contributed by atoms with Gasteiger partial charge in [-0.3, -0.25) is 0 Å². The second-order valence-corrected chi connectivity index (χ2v) is 20.8. The Labute approximate surface area is 396 Å². The van der Waals surface area contributed by atoms with Gasteiger partial charge in [0.15, 0.2) is 0 Å². The van der Waals surface area contributed by atoms with Crippen LogP contribution in [0.5, 0.6) is 0 Å². The van der Waals surface area contributed by atoms with Gasteiger partial charge in [-0.25, -0.2) is 0 Å². The molecule has 312 valence electrons. The first-order valence-corrected chi connectivity index (χ1v) is 24.8. The minimum Gasteiger partial charge on any atom is -0.0616 e. The first-order valence-electron chi connectivity index (χ1n) is 24.8. The van der Waals surface area contributed by atoms with Gasteiger partial charge in [0.2, 0.25) is 0 Å². The summed E-state index contributed by atoms with van der Waals surface area (Å²) in [5, 5.41) is 51.4. The van der Waals surface area contributed by atoms with Crippen molar-refractivity contribution in [3.63, 3.8) is 0 Å². The predicted octanol–water partition coefficient (Wildman–Crippen LogP) is 20.2. The molecule has 20 rings (SSSR count). The highest BCUT2D eigenvalue weighted by molar-refractivity contribution is 6.57. The van der Waals surface area contributed by atoms with E-state index in [9.17, 15) is 0 Å². The molecule has 0 unspecified atom stereocenters. The molecule has 0 aliphatic carbocycles. The van der Waals surface area contributed by atoms with Gasteiger partial charge in [-0.15, -0.1) is 0 Å². The zero-order chi connectivity index (χ0) is 44.6. The van der Waals surface area contributed by atoms with Crippen molar-refractivity contribution < 1.29 is 0 Å². The molecule has 0 aliphatic rings. The normalized spacial score (nSPS) is 13.4. The Kier molecular flexibility index (Phi) is 5.42. The van der Waals surface area contributed by atoms with Crippen LogP contribution in [0.2, 0.25) is 0 Å². The van der Waals surface area contributed by atoms with Gasteiger partial charge < -0.3 is 0 Å². The lowest BCUT2D eigenvalue weighted by atomic mass is 9.75. The molecule has 0 amide bonds. The van der Waals surface area contributed by atoms with Crippen molar-refractivity contribution in [2.24, 2.45) is 0 Å². The van der Waals surface area contributed by atoms with Gasteiger partial charge in [-0.1, -0.05) is 170 Å². The van der Waals surface area contributed by atoms with E-state index in [4.69, 9.17) is 0 Å². The molecule has 20 aromatic carbocycles. The molecule has 0 bridgehead atoms. The third-order valence-electron chi connectivity index (χ3n) is 18.0. The predicted molar refractivity (Wildman–Crippen MR) is 306 cm³/mol. The van der Waals surface area contributed by atoms with Crippen molar-refractivity contribution in [2.45, 2.75) is 0 Å². The Balaban J connectivity index is 1.19. The molecular formula is C70H32. The molecule has 20 aromatic rings. The van der Waals surface area contributed by atoms with Gasteiger partial charge >= 0.3 is 0 Å². The molecule has 0 fully saturated rings. The van der Waals surface area contributed by atoms with E-state index in [0.29, 0.717) is 0 Å². The summed E-state index contributed by atoms with van der Waals surface area (Å²) in [7, 11) is 0. The summed E-state index contributed by atoms with van der Waals surface area (Å²) in [4.78, 5) is 0. The van der Waals surface area contributed by atoms with Gasteiger partial charge in [-0.2, -0.15) is 0 Å². The lowest BCUT2D eigenvalue weighted by Gasteiger charge is -2.27. The van der Waals surface area contributed by atoms with Gasteiger partial charge in [0.05, 0.1) is 0 Å². The van der Waals surface area contributed by atoms with Gasteiger partial charge in [0.25, 0.3) is 0 Å². The Morgan fingerprint density at radius 3 is 0.871 bits per heavy atom. The minimum atomic E-state index is 1.28. The Bertz CT molecular complexity index is 5450. The Morgan fingerprint density at radius 2 is 0.414 bits per heavy atom. The fourth-order valence-electron chi connectivity index (χ4n) is 15.5. The summed E-state index contributed by atoms with van der Waals surface area (Å²) >= 11 is 0. The summed E-state index contributed by atoms with van der Waals surface area (Å²) in [6.07, 6.45) is 0. The third kappa shape index (κ3) is 3.52. The third-order valence-corrected chi connectivity index (χ3v) is 18.0. The molecule has 0 atom stereocenters.